The van der Waals surface area contributed by atoms with Crippen molar-refractivity contribution in [3.05, 3.63) is 58.6 Å². The van der Waals surface area contributed by atoms with Crippen molar-refractivity contribution in [2.24, 2.45) is 0 Å². The Morgan fingerprint density at radius 2 is 2.15 bits per heavy atom. The highest BCUT2D eigenvalue weighted by molar-refractivity contribution is 6.33. The topological polar surface area (TPSA) is 71.8 Å². The fourth-order valence-corrected chi connectivity index (χ4v) is 3.33. The molecular weight excluding hydrogens is 366 g/mol. The van der Waals surface area contributed by atoms with Gasteiger partial charge in [0.15, 0.2) is 0 Å². The molecule has 0 radical (unpaired) electrons. The number of carbonyl (C=O) groups is 1. The van der Waals surface area contributed by atoms with Crippen molar-refractivity contribution < 1.29 is 9.53 Å². The first-order valence-electron chi connectivity index (χ1n) is 8.82. The lowest BCUT2D eigenvalue weighted by Crippen LogP contribution is -2.40. The third kappa shape index (κ3) is 3.74. The van der Waals surface area contributed by atoms with Crippen molar-refractivity contribution in [2.45, 2.75) is 13.5 Å². The molecular formula is C19H20ClN5O2. The molecule has 3 aromatic heterocycles. The quantitative estimate of drug-likeness (QED) is 0.747. The summed E-state index contributed by atoms with van der Waals surface area (Å²) in [6, 6.07) is 7.64. The maximum Gasteiger partial charge on any atom is 0.255 e. The van der Waals surface area contributed by atoms with Gasteiger partial charge in [-0.2, -0.15) is 0 Å². The normalized spacial score (nSPS) is 14.5. The van der Waals surface area contributed by atoms with Crippen molar-refractivity contribution in [1.82, 2.24) is 19.3 Å². The molecule has 1 saturated heterocycles. The van der Waals surface area contributed by atoms with Gasteiger partial charge in [0.2, 0.25) is 0 Å². The van der Waals surface area contributed by atoms with Gasteiger partial charge in [0.05, 0.1) is 36.0 Å². The summed E-state index contributed by atoms with van der Waals surface area (Å²) >= 11 is 6.34. The number of anilines is 1. The molecule has 0 spiro atoms. The Bertz CT molecular complexity index is 981. The summed E-state index contributed by atoms with van der Waals surface area (Å²) in [5.74, 6) is 0.457. The Balaban J connectivity index is 1.46. The first kappa shape index (κ1) is 17.8. The van der Waals surface area contributed by atoms with Gasteiger partial charge in [0.1, 0.15) is 11.5 Å². The van der Waals surface area contributed by atoms with Gasteiger partial charge >= 0.3 is 0 Å². The highest BCUT2D eigenvalue weighted by Crippen LogP contribution is 2.22. The monoisotopic (exact) mass is 385 g/mol. The molecule has 8 heteroatoms. The van der Waals surface area contributed by atoms with Crippen LogP contribution in [-0.2, 0) is 11.3 Å². The van der Waals surface area contributed by atoms with Crippen LogP contribution in [0.2, 0.25) is 5.02 Å². The van der Waals surface area contributed by atoms with E-state index >= 15 is 0 Å². The maximum atomic E-state index is 12.5. The molecule has 27 heavy (non-hydrogen) atoms. The minimum absolute atomic E-state index is 0.0740. The molecule has 7 nitrogen and oxygen atoms in total. The number of hydrogen-bond donors (Lipinski definition) is 1. The van der Waals surface area contributed by atoms with Gasteiger partial charge in [0, 0.05) is 31.2 Å². The van der Waals surface area contributed by atoms with Crippen LogP contribution >= 0.6 is 11.6 Å². The van der Waals surface area contributed by atoms with Gasteiger partial charge in [0.25, 0.3) is 5.91 Å². The minimum atomic E-state index is -0.0740. The van der Waals surface area contributed by atoms with Crippen LogP contribution in [0.15, 0.2) is 36.7 Å². The van der Waals surface area contributed by atoms with E-state index in [0.717, 1.165) is 17.0 Å². The number of aryl methyl sites for hydroxylation is 1. The molecule has 0 atom stereocenters. The third-order valence-corrected chi connectivity index (χ3v) is 4.86. The number of aromatic nitrogens is 3. The van der Waals surface area contributed by atoms with E-state index in [-0.39, 0.29) is 5.91 Å². The smallest absolute Gasteiger partial charge is 0.255 e. The Morgan fingerprint density at radius 3 is 2.89 bits per heavy atom. The predicted molar refractivity (Wildman–Crippen MR) is 103 cm³/mol. The standard InChI is InChI=1S/C19H20ClN5O2/c1-13-3-2-4-17-23-15(12-25(13)17)11-22-18-16(20)9-14(10-21-18)19(26)24-5-7-27-8-6-24/h2-4,9-10,12H,5-8,11H2,1H3,(H,21,22). The van der Waals surface area contributed by atoms with Crippen LogP contribution in [0.4, 0.5) is 5.82 Å². The average Bonchev–Trinajstić information content (AvgIpc) is 3.12. The zero-order valence-electron chi connectivity index (χ0n) is 15.0. The number of nitrogens with zero attached hydrogens (tertiary/aromatic N) is 4. The van der Waals surface area contributed by atoms with E-state index in [9.17, 15) is 4.79 Å². The van der Waals surface area contributed by atoms with Crippen LogP contribution in [0.3, 0.4) is 0 Å². The van der Waals surface area contributed by atoms with Crippen LogP contribution in [0.5, 0.6) is 0 Å². The Labute approximate surface area is 161 Å². The number of rotatable bonds is 4. The van der Waals surface area contributed by atoms with Crippen LogP contribution in [-0.4, -0.2) is 51.5 Å². The summed E-state index contributed by atoms with van der Waals surface area (Å²) in [7, 11) is 0. The number of nitrogens with one attached hydrogen (secondary N) is 1. The number of carbonyl (C=O) groups excluding carboxylic acids is 1. The third-order valence-electron chi connectivity index (χ3n) is 4.57. The molecule has 1 fully saturated rings. The van der Waals surface area contributed by atoms with Crippen LogP contribution in [0, 0.1) is 6.92 Å². The Morgan fingerprint density at radius 1 is 1.33 bits per heavy atom. The van der Waals surface area contributed by atoms with E-state index in [1.165, 1.54) is 0 Å². The van der Waals surface area contributed by atoms with Gasteiger partial charge in [-0.1, -0.05) is 17.7 Å². The number of hydrogen-bond acceptors (Lipinski definition) is 5. The van der Waals surface area contributed by atoms with Crippen molar-refractivity contribution in [2.75, 3.05) is 31.6 Å². The number of morpholine rings is 1. The molecule has 0 aliphatic carbocycles. The first-order valence-corrected chi connectivity index (χ1v) is 9.19. The molecule has 0 unspecified atom stereocenters. The minimum Gasteiger partial charge on any atom is -0.378 e. The van der Waals surface area contributed by atoms with E-state index in [1.807, 2.05) is 35.7 Å². The average molecular weight is 386 g/mol. The second-order valence-electron chi connectivity index (χ2n) is 6.44. The second-order valence-corrected chi connectivity index (χ2v) is 6.85. The summed E-state index contributed by atoms with van der Waals surface area (Å²) in [4.78, 5) is 23.2. The van der Waals surface area contributed by atoms with Crippen molar-refractivity contribution in [1.29, 1.82) is 0 Å². The van der Waals surface area contributed by atoms with Crippen molar-refractivity contribution >= 4 is 29.0 Å². The summed E-state index contributed by atoms with van der Waals surface area (Å²) in [5, 5.41) is 3.60. The second kappa shape index (κ2) is 7.54. The van der Waals surface area contributed by atoms with E-state index < -0.39 is 0 Å². The van der Waals surface area contributed by atoms with Crippen molar-refractivity contribution in [3.63, 3.8) is 0 Å². The fourth-order valence-electron chi connectivity index (χ4n) is 3.09. The molecule has 4 heterocycles. The molecule has 1 aliphatic heterocycles. The van der Waals surface area contributed by atoms with E-state index in [2.05, 4.69) is 15.3 Å². The predicted octanol–water partition coefficient (Wildman–Crippen LogP) is 2.78. The number of amides is 1. The van der Waals surface area contributed by atoms with Crippen molar-refractivity contribution in [3.8, 4) is 0 Å². The highest BCUT2D eigenvalue weighted by Gasteiger charge is 2.19. The number of ether oxygens (including phenoxy) is 1. The molecule has 1 aliphatic rings. The van der Waals surface area contributed by atoms with Gasteiger partial charge in [-0.3, -0.25) is 4.79 Å². The molecule has 0 saturated carbocycles. The molecule has 4 rings (SSSR count). The Kier molecular flexibility index (Phi) is 4.96. The van der Waals surface area contributed by atoms with Crippen LogP contribution in [0.25, 0.3) is 5.65 Å². The van der Waals surface area contributed by atoms with E-state index in [0.29, 0.717) is 49.3 Å². The van der Waals surface area contributed by atoms with Gasteiger partial charge in [-0.25, -0.2) is 9.97 Å². The van der Waals surface area contributed by atoms with Crippen LogP contribution < -0.4 is 5.32 Å². The van der Waals surface area contributed by atoms with E-state index in [4.69, 9.17) is 16.3 Å². The SMILES string of the molecule is Cc1cccc2nc(CNc3ncc(C(=O)N4CCOCC4)cc3Cl)cn12. The lowest BCUT2D eigenvalue weighted by atomic mass is 10.2. The summed E-state index contributed by atoms with van der Waals surface area (Å²) < 4.78 is 7.32. The maximum absolute atomic E-state index is 12.5. The molecule has 140 valence electrons. The lowest BCUT2D eigenvalue weighted by molar-refractivity contribution is 0.0302. The lowest BCUT2D eigenvalue weighted by Gasteiger charge is -2.26. The number of fused-ring (bicyclic) bond motifs is 1. The number of halogens is 1. The van der Waals surface area contributed by atoms with E-state index in [1.54, 1.807) is 17.2 Å². The summed E-state index contributed by atoms with van der Waals surface area (Å²) in [6.45, 7) is 4.82. The van der Waals surface area contributed by atoms with Gasteiger partial charge in [-0.05, 0) is 25.1 Å². The molecule has 0 aromatic carbocycles. The fraction of sp³-hybridized carbons (Fsp3) is 0.316. The summed E-state index contributed by atoms with van der Waals surface area (Å²) in [6.07, 6.45) is 3.54. The first-order chi connectivity index (χ1) is 13.1. The Hall–Kier alpha value is -2.64. The highest BCUT2D eigenvalue weighted by atomic mass is 35.5. The molecule has 1 amide bonds. The van der Waals surface area contributed by atoms with Crippen LogP contribution in [0.1, 0.15) is 21.7 Å². The zero-order chi connectivity index (χ0) is 18.8. The summed E-state index contributed by atoms with van der Waals surface area (Å²) in [5.41, 5.74) is 3.39. The largest absolute Gasteiger partial charge is 0.378 e. The van der Waals surface area contributed by atoms with Gasteiger partial charge in [-0.15, -0.1) is 0 Å². The molecule has 1 N–H and O–H groups in total. The number of pyridine rings is 2. The molecule has 3 aromatic rings. The zero-order valence-corrected chi connectivity index (χ0v) is 15.7. The van der Waals surface area contributed by atoms with Gasteiger partial charge < -0.3 is 19.4 Å². The molecule has 0 bridgehead atoms. The number of imidazole rings is 1.